The van der Waals surface area contributed by atoms with Crippen molar-refractivity contribution in [3.05, 3.63) is 35.7 Å². The molecule has 0 saturated heterocycles. The summed E-state index contributed by atoms with van der Waals surface area (Å²) < 4.78 is 1.81. The van der Waals surface area contributed by atoms with E-state index in [1.54, 1.807) is 16.5 Å². The molecule has 4 rings (SSSR count). The Hall–Kier alpha value is -1.50. The normalized spacial score (nSPS) is 34.5. The van der Waals surface area contributed by atoms with Crippen molar-refractivity contribution in [3.63, 3.8) is 0 Å². The lowest BCUT2D eigenvalue weighted by Gasteiger charge is -2.44. The molecule has 0 aliphatic heterocycles. The molecule has 6 heteroatoms. The molecule has 0 bridgehead atoms. The highest BCUT2D eigenvalue weighted by molar-refractivity contribution is 5.26. The Labute approximate surface area is 224 Å². The molecule has 3 aliphatic carbocycles. The van der Waals surface area contributed by atoms with Gasteiger partial charge in [0.1, 0.15) is 0 Å². The Morgan fingerprint density at radius 3 is 2.59 bits per heavy atom. The number of rotatable bonds is 10. The Kier molecular flexibility index (Phi) is 9.34. The lowest BCUT2D eigenvalue weighted by molar-refractivity contribution is -0.0108. The molecule has 0 amide bonds. The molecule has 37 heavy (non-hydrogen) atoms. The average Bonchev–Trinajstić information content (AvgIpc) is 3.46. The number of nitrogens with zero attached hydrogens (tertiary/aromatic N) is 3. The summed E-state index contributed by atoms with van der Waals surface area (Å²) in [7, 11) is 0. The van der Waals surface area contributed by atoms with E-state index in [4.69, 9.17) is 0 Å². The lowest BCUT2D eigenvalue weighted by atomic mass is 9.60. The van der Waals surface area contributed by atoms with Gasteiger partial charge in [0.25, 0.3) is 0 Å². The van der Waals surface area contributed by atoms with Crippen molar-refractivity contribution >= 4 is 0 Å². The molecule has 1 aromatic heterocycles. The second kappa shape index (κ2) is 12.1. The third kappa shape index (κ3) is 7.13. The topological polar surface area (TPSA) is 91.4 Å². The fourth-order valence-electron chi connectivity index (χ4n) is 8.04. The van der Waals surface area contributed by atoms with Gasteiger partial charge < -0.3 is 15.3 Å². The van der Waals surface area contributed by atoms with Crippen molar-refractivity contribution in [3.8, 4) is 0 Å². The van der Waals surface area contributed by atoms with Crippen LogP contribution in [0, 0.1) is 29.1 Å². The maximum Gasteiger partial charge on any atom is 0.0692 e. The minimum Gasteiger partial charge on any atom is -0.392 e. The molecule has 3 aliphatic rings. The predicted molar refractivity (Wildman–Crippen MR) is 148 cm³/mol. The third-order valence-electron chi connectivity index (χ3n) is 10.0. The van der Waals surface area contributed by atoms with Crippen LogP contribution in [0.3, 0.4) is 0 Å². The molecule has 208 valence electrons. The summed E-state index contributed by atoms with van der Waals surface area (Å²) in [4.78, 5) is 0. The van der Waals surface area contributed by atoms with Crippen LogP contribution < -0.4 is 0 Å². The molecule has 0 spiro atoms. The molecule has 3 N–H and O–H groups in total. The van der Waals surface area contributed by atoms with Gasteiger partial charge >= 0.3 is 0 Å². The summed E-state index contributed by atoms with van der Waals surface area (Å²) in [6, 6.07) is 0. The fraction of sp³-hybridized carbons (Fsp3) is 0.806. The van der Waals surface area contributed by atoms with Gasteiger partial charge in [-0.25, -0.2) is 0 Å². The zero-order chi connectivity index (χ0) is 26.6. The summed E-state index contributed by atoms with van der Waals surface area (Å²) >= 11 is 0. The van der Waals surface area contributed by atoms with Gasteiger partial charge in [0.05, 0.1) is 24.0 Å². The molecule has 1 aromatic rings. The van der Waals surface area contributed by atoms with Crippen LogP contribution in [0.25, 0.3) is 0 Å². The number of fused-ring (bicyclic) bond motifs is 1. The molecule has 6 atom stereocenters. The minimum absolute atomic E-state index is 0.0696. The number of hydrogen-bond acceptors (Lipinski definition) is 5. The highest BCUT2D eigenvalue weighted by atomic mass is 16.3. The average molecular weight is 514 g/mol. The van der Waals surface area contributed by atoms with E-state index in [2.05, 4.69) is 36.3 Å². The van der Waals surface area contributed by atoms with Crippen LogP contribution in [-0.4, -0.2) is 48.1 Å². The zero-order valence-electron chi connectivity index (χ0n) is 23.6. The van der Waals surface area contributed by atoms with Crippen LogP contribution in [0.5, 0.6) is 0 Å². The molecule has 6 nitrogen and oxygen atoms in total. The maximum absolute atomic E-state index is 10.8. The van der Waals surface area contributed by atoms with Crippen LogP contribution in [0.1, 0.15) is 105 Å². The van der Waals surface area contributed by atoms with Crippen molar-refractivity contribution < 1.29 is 15.3 Å². The second-order valence-corrected chi connectivity index (χ2v) is 13.4. The van der Waals surface area contributed by atoms with Gasteiger partial charge in [-0.2, -0.15) is 0 Å². The monoisotopic (exact) mass is 513 g/mol. The van der Waals surface area contributed by atoms with Crippen molar-refractivity contribution in [2.45, 2.75) is 129 Å². The Bertz CT molecular complexity index is 905. The second-order valence-electron chi connectivity index (χ2n) is 13.4. The van der Waals surface area contributed by atoms with E-state index in [1.165, 1.54) is 44.1 Å². The Morgan fingerprint density at radius 2 is 1.92 bits per heavy atom. The number of aryl methyl sites for hydroxylation is 1. The van der Waals surface area contributed by atoms with Crippen molar-refractivity contribution in [2.75, 3.05) is 0 Å². The largest absolute Gasteiger partial charge is 0.392 e. The van der Waals surface area contributed by atoms with Gasteiger partial charge in [-0.3, -0.25) is 4.68 Å². The first-order valence-electron chi connectivity index (χ1n) is 14.9. The number of aromatic nitrogens is 3. The maximum atomic E-state index is 10.8. The van der Waals surface area contributed by atoms with E-state index in [-0.39, 0.29) is 5.92 Å². The molecule has 0 unspecified atom stereocenters. The zero-order valence-corrected chi connectivity index (χ0v) is 23.6. The SMILES string of the molecule is C[C@H](CCCC(C)(C)O)[C@H]1CC[C@H]2/C(=C/C=C3C[C@@H](O)C(CCCn4ccnn4)[C@H](O)C3)CCC[C@]12C. The van der Waals surface area contributed by atoms with E-state index < -0.39 is 17.8 Å². The smallest absolute Gasteiger partial charge is 0.0692 e. The van der Waals surface area contributed by atoms with E-state index in [0.29, 0.717) is 30.1 Å². The van der Waals surface area contributed by atoms with Crippen molar-refractivity contribution in [2.24, 2.45) is 29.1 Å². The van der Waals surface area contributed by atoms with Crippen molar-refractivity contribution in [1.29, 1.82) is 0 Å². The van der Waals surface area contributed by atoms with Gasteiger partial charge in [-0.05, 0) is 101 Å². The molecular formula is C31H51N3O3. The molecule has 3 saturated carbocycles. The molecular weight excluding hydrogens is 462 g/mol. The van der Waals surface area contributed by atoms with Crippen LogP contribution in [0.4, 0.5) is 0 Å². The number of hydrogen-bond donors (Lipinski definition) is 3. The van der Waals surface area contributed by atoms with Crippen LogP contribution in [0.15, 0.2) is 35.7 Å². The molecule has 3 fully saturated rings. The summed E-state index contributed by atoms with van der Waals surface area (Å²) in [5.41, 5.74) is 2.58. The summed E-state index contributed by atoms with van der Waals surface area (Å²) in [6.45, 7) is 9.59. The predicted octanol–water partition coefficient (Wildman–Crippen LogP) is 5.84. The Morgan fingerprint density at radius 1 is 1.16 bits per heavy atom. The van der Waals surface area contributed by atoms with E-state index >= 15 is 0 Å². The van der Waals surface area contributed by atoms with Gasteiger partial charge in [0, 0.05) is 18.7 Å². The first kappa shape index (κ1) is 28.5. The molecule has 0 radical (unpaired) electrons. The highest BCUT2D eigenvalue weighted by Gasteiger charge is 2.50. The number of aliphatic hydroxyl groups excluding tert-OH is 2. The number of aliphatic hydroxyl groups is 3. The third-order valence-corrected chi connectivity index (χ3v) is 10.0. The first-order chi connectivity index (χ1) is 17.6. The Balaban J connectivity index is 1.33. The fourth-order valence-corrected chi connectivity index (χ4v) is 8.04. The van der Waals surface area contributed by atoms with E-state index in [0.717, 1.165) is 38.1 Å². The van der Waals surface area contributed by atoms with Gasteiger partial charge in [0.15, 0.2) is 0 Å². The van der Waals surface area contributed by atoms with Gasteiger partial charge in [-0.1, -0.05) is 55.2 Å². The highest BCUT2D eigenvalue weighted by Crippen LogP contribution is 2.60. The number of allylic oxidation sites excluding steroid dienone is 3. The van der Waals surface area contributed by atoms with E-state index in [9.17, 15) is 15.3 Å². The minimum atomic E-state index is -0.561. The van der Waals surface area contributed by atoms with Gasteiger partial charge in [-0.15, -0.1) is 5.10 Å². The van der Waals surface area contributed by atoms with E-state index in [1.807, 2.05) is 20.0 Å². The first-order valence-corrected chi connectivity index (χ1v) is 14.9. The molecule has 1 heterocycles. The summed E-state index contributed by atoms with van der Waals surface area (Å²) in [5, 5.41) is 39.6. The molecule has 0 aromatic carbocycles. The summed E-state index contributed by atoms with van der Waals surface area (Å²) in [6.07, 6.45) is 19.7. The summed E-state index contributed by atoms with van der Waals surface area (Å²) in [5.74, 6) is 2.04. The van der Waals surface area contributed by atoms with Crippen LogP contribution in [0.2, 0.25) is 0 Å². The van der Waals surface area contributed by atoms with Crippen molar-refractivity contribution in [1.82, 2.24) is 15.0 Å². The quantitative estimate of drug-likeness (QED) is 0.366. The van der Waals surface area contributed by atoms with Gasteiger partial charge in [0.2, 0.25) is 0 Å². The van der Waals surface area contributed by atoms with Crippen LogP contribution in [-0.2, 0) is 6.54 Å². The standard InChI is InChI=1S/C31H51N3O3/c1-22(8-5-15-30(2,3)37)26-13-14-27-24(9-6-16-31(26,27)4)12-11-23-20-28(35)25(29(36)21-23)10-7-18-34-19-17-32-33-34/h11-12,17,19,22,25-29,35-37H,5-10,13-16,18,20-21H2,1-4H3/b23-11?,24-12+/t22-,25?,26-,27+,28-,29-,31-/m1/s1. The van der Waals surface area contributed by atoms with Crippen LogP contribution >= 0.6 is 0 Å². The lowest BCUT2D eigenvalue weighted by Crippen LogP contribution is -2.37.